The Morgan fingerprint density at radius 2 is 2.00 bits per heavy atom. The number of rotatable bonds is 6. The maximum absolute atomic E-state index is 4.77. The van der Waals surface area contributed by atoms with Crippen LogP contribution in [0.2, 0.25) is 0 Å². The van der Waals surface area contributed by atoms with E-state index < -0.39 is 0 Å². The molecule has 0 radical (unpaired) electrons. The SMILES string of the molecule is CCNC(=NCCCCn1cnnc1)N1CCC(C)(C)C1.I. The lowest BCUT2D eigenvalue weighted by Gasteiger charge is -2.23. The van der Waals surface area contributed by atoms with Crippen molar-refractivity contribution in [3.05, 3.63) is 12.7 Å². The maximum Gasteiger partial charge on any atom is 0.193 e. The molecule has 2 heterocycles. The first-order chi connectivity index (χ1) is 10.1. The van der Waals surface area contributed by atoms with Gasteiger partial charge in [0.2, 0.25) is 0 Å². The number of nitrogens with zero attached hydrogens (tertiary/aromatic N) is 5. The van der Waals surface area contributed by atoms with Crippen LogP contribution in [0.5, 0.6) is 0 Å². The minimum Gasteiger partial charge on any atom is -0.357 e. The van der Waals surface area contributed by atoms with E-state index in [2.05, 4.69) is 41.2 Å². The Morgan fingerprint density at radius 1 is 1.27 bits per heavy atom. The molecule has 1 N–H and O–H groups in total. The highest BCUT2D eigenvalue weighted by Gasteiger charge is 2.30. The van der Waals surface area contributed by atoms with Crippen molar-refractivity contribution in [1.82, 2.24) is 25.0 Å². The van der Waals surface area contributed by atoms with E-state index in [1.807, 2.05) is 4.57 Å². The molecule has 1 aliphatic heterocycles. The van der Waals surface area contributed by atoms with Crippen LogP contribution in [0, 0.1) is 5.41 Å². The van der Waals surface area contributed by atoms with Crippen LogP contribution in [0.1, 0.15) is 40.0 Å². The molecule has 0 aromatic carbocycles. The fraction of sp³-hybridized carbons (Fsp3) is 0.800. The van der Waals surface area contributed by atoms with Crippen molar-refractivity contribution in [2.45, 2.75) is 46.6 Å². The largest absolute Gasteiger partial charge is 0.357 e. The maximum atomic E-state index is 4.77. The van der Waals surface area contributed by atoms with Gasteiger partial charge in [0.15, 0.2) is 5.96 Å². The lowest BCUT2D eigenvalue weighted by molar-refractivity contribution is 0.370. The third-order valence-corrected chi connectivity index (χ3v) is 3.86. The summed E-state index contributed by atoms with van der Waals surface area (Å²) < 4.78 is 2.01. The second-order valence-corrected chi connectivity index (χ2v) is 6.48. The van der Waals surface area contributed by atoms with Crippen molar-refractivity contribution in [2.24, 2.45) is 10.4 Å². The molecule has 6 nitrogen and oxygen atoms in total. The summed E-state index contributed by atoms with van der Waals surface area (Å²) >= 11 is 0. The van der Waals surface area contributed by atoms with Crippen molar-refractivity contribution in [1.29, 1.82) is 0 Å². The molecule has 22 heavy (non-hydrogen) atoms. The molecule has 0 saturated carbocycles. The van der Waals surface area contributed by atoms with Crippen LogP contribution in [-0.2, 0) is 6.54 Å². The quantitative estimate of drug-likeness (QED) is 0.332. The molecule has 0 bridgehead atoms. The van der Waals surface area contributed by atoms with Gasteiger partial charge in [0.1, 0.15) is 12.7 Å². The number of guanidine groups is 1. The predicted molar refractivity (Wildman–Crippen MR) is 101 cm³/mol. The minimum absolute atomic E-state index is 0. The van der Waals surface area contributed by atoms with Gasteiger partial charge in [-0.15, -0.1) is 34.2 Å². The van der Waals surface area contributed by atoms with Crippen LogP contribution >= 0.6 is 24.0 Å². The van der Waals surface area contributed by atoms with Crippen molar-refractivity contribution >= 4 is 29.9 Å². The van der Waals surface area contributed by atoms with Gasteiger partial charge >= 0.3 is 0 Å². The predicted octanol–water partition coefficient (Wildman–Crippen LogP) is 2.37. The Balaban J connectivity index is 0.00000242. The Labute approximate surface area is 150 Å². The molecule has 1 aromatic heterocycles. The summed E-state index contributed by atoms with van der Waals surface area (Å²) in [6.45, 7) is 11.8. The number of halogens is 1. The molecule has 0 atom stereocenters. The number of hydrogen-bond donors (Lipinski definition) is 1. The third-order valence-electron chi connectivity index (χ3n) is 3.86. The fourth-order valence-electron chi connectivity index (χ4n) is 2.65. The van der Waals surface area contributed by atoms with E-state index in [0.29, 0.717) is 5.41 Å². The van der Waals surface area contributed by atoms with E-state index in [1.54, 1.807) is 12.7 Å². The second kappa shape index (κ2) is 9.32. The number of likely N-dealkylation sites (tertiary alicyclic amines) is 1. The zero-order chi connectivity index (χ0) is 15.1. The highest BCUT2D eigenvalue weighted by molar-refractivity contribution is 14.0. The second-order valence-electron chi connectivity index (χ2n) is 6.48. The summed E-state index contributed by atoms with van der Waals surface area (Å²) in [7, 11) is 0. The third kappa shape index (κ3) is 6.10. The first-order valence-corrected chi connectivity index (χ1v) is 7.96. The minimum atomic E-state index is 0. The first-order valence-electron chi connectivity index (χ1n) is 7.96. The molecule has 0 unspecified atom stereocenters. The van der Waals surface area contributed by atoms with Gasteiger partial charge in [-0.05, 0) is 31.6 Å². The molecule has 126 valence electrons. The molecule has 0 spiro atoms. The Bertz CT molecular complexity index is 443. The van der Waals surface area contributed by atoms with E-state index in [-0.39, 0.29) is 24.0 Å². The molecule has 0 aliphatic carbocycles. The lowest BCUT2D eigenvalue weighted by atomic mass is 9.93. The van der Waals surface area contributed by atoms with E-state index in [9.17, 15) is 0 Å². The van der Waals surface area contributed by atoms with E-state index >= 15 is 0 Å². The molecule has 7 heteroatoms. The van der Waals surface area contributed by atoms with E-state index in [4.69, 9.17) is 4.99 Å². The smallest absolute Gasteiger partial charge is 0.193 e. The number of aryl methyl sites for hydroxylation is 1. The van der Waals surface area contributed by atoms with Crippen LogP contribution in [0.3, 0.4) is 0 Å². The number of aromatic nitrogens is 3. The molecule has 1 fully saturated rings. The van der Waals surface area contributed by atoms with Gasteiger partial charge in [-0.3, -0.25) is 4.99 Å². The normalized spacial score (nSPS) is 17.4. The molecule has 1 saturated heterocycles. The van der Waals surface area contributed by atoms with Crippen LogP contribution in [0.25, 0.3) is 0 Å². The van der Waals surface area contributed by atoms with Crippen molar-refractivity contribution < 1.29 is 0 Å². The molecular formula is C15H29IN6. The zero-order valence-electron chi connectivity index (χ0n) is 14.0. The van der Waals surface area contributed by atoms with Gasteiger partial charge in [0.05, 0.1) is 0 Å². The van der Waals surface area contributed by atoms with Gasteiger partial charge in [-0.25, -0.2) is 0 Å². The Hall–Kier alpha value is -0.860. The highest BCUT2D eigenvalue weighted by Crippen LogP contribution is 2.28. The summed E-state index contributed by atoms with van der Waals surface area (Å²) in [4.78, 5) is 7.16. The summed E-state index contributed by atoms with van der Waals surface area (Å²) in [5.41, 5.74) is 0.407. The lowest BCUT2D eigenvalue weighted by Crippen LogP contribution is -2.40. The highest BCUT2D eigenvalue weighted by atomic mass is 127. The zero-order valence-corrected chi connectivity index (χ0v) is 16.3. The number of hydrogen-bond acceptors (Lipinski definition) is 3. The van der Waals surface area contributed by atoms with Crippen LogP contribution in [0.4, 0.5) is 0 Å². The van der Waals surface area contributed by atoms with Gasteiger partial charge < -0.3 is 14.8 Å². The monoisotopic (exact) mass is 420 g/mol. The van der Waals surface area contributed by atoms with Gasteiger partial charge in [-0.2, -0.15) is 0 Å². The molecule has 1 aliphatic rings. The van der Waals surface area contributed by atoms with Crippen LogP contribution in [-0.4, -0.2) is 51.8 Å². The van der Waals surface area contributed by atoms with Gasteiger partial charge in [0, 0.05) is 32.7 Å². The Kier molecular flexibility index (Phi) is 8.13. The van der Waals surface area contributed by atoms with Gasteiger partial charge in [0.25, 0.3) is 0 Å². The van der Waals surface area contributed by atoms with E-state index in [1.165, 1.54) is 6.42 Å². The Morgan fingerprint density at radius 3 is 2.59 bits per heavy atom. The van der Waals surface area contributed by atoms with Crippen molar-refractivity contribution in [2.75, 3.05) is 26.2 Å². The van der Waals surface area contributed by atoms with Crippen LogP contribution < -0.4 is 5.32 Å². The number of nitrogens with one attached hydrogen (secondary N) is 1. The summed E-state index contributed by atoms with van der Waals surface area (Å²) in [5.74, 6) is 1.08. The van der Waals surface area contributed by atoms with Crippen molar-refractivity contribution in [3.8, 4) is 0 Å². The number of aliphatic imine (C=N–C) groups is 1. The average molecular weight is 420 g/mol. The average Bonchev–Trinajstić information content (AvgIpc) is 3.06. The van der Waals surface area contributed by atoms with Gasteiger partial charge in [-0.1, -0.05) is 13.8 Å². The summed E-state index contributed by atoms with van der Waals surface area (Å²) in [6.07, 6.45) is 6.96. The fourth-order valence-corrected chi connectivity index (χ4v) is 2.65. The van der Waals surface area contributed by atoms with Crippen molar-refractivity contribution in [3.63, 3.8) is 0 Å². The topological polar surface area (TPSA) is 58.3 Å². The standard InChI is InChI=1S/C15H28N6.HI/c1-4-16-14(21-10-7-15(2,3)11-21)17-8-5-6-9-20-12-18-19-13-20;/h12-13H,4-11H2,1-3H3,(H,16,17);1H. The van der Waals surface area contributed by atoms with E-state index in [0.717, 1.165) is 51.5 Å². The molecular weight excluding hydrogens is 391 g/mol. The summed E-state index contributed by atoms with van der Waals surface area (Å²) in [5, 5.41) is 11.0. The number of unbranched alkanes of at least 4 members (excludes halogenated alkanes) is 1. The first kappa shape index (κ1) is 19.2. The molecule has 2 rings (SSSR count). The summed E-state index contributed by atoms with van der Waals surface area (Å²) in [6, 6.07) is 0. The molecule has 1 aromatic rings. The molecule has 0 amide bonds. The van der Waals surface area contributed by atoms with Crippen LogP contribution in [0.15, 0.2) is 17.6 Å².